The Hall–Kier alpha value is 1.07. The van der Waals surface area contributed by atoms with Crippen molar-refractivity contribution in [3.05, 3.63) is 0 Å². The van der Waals surface area contributed by atoms with Gasteiger partial charge in [-0.2, -0.15) is 4.67 Å². The van der Waals surface area contributed by atoms with Crippen LogP contribution in [-0.4, -0.2) is 12.7 Å². The molecule has 0 saturated heterocycles. The van der Waals surface area contributed by atoms with Gasteiger partial charge in [0.15, 0.2) is 0 Å². The van der Waals surface area contributed by atoms with E-state index < -0.39 is 7.82 Å². The topological polar surface area (TPSA) is 67.8 Å². The van der Waals surface area contributed by atoms with Gasteiger partial charge in [0, 0.05) is 0 Å². The Labute approximate surface area is 190 Å². The number of hydrogen-bond donors (Lipinski definition) is 0. The van der Waals surface area contributed by atoms with E-state index in [4.69, 9.17) is 9.41 Å². The van der Waals surface area contributed by atoms with E-state index in [1.807, 2.05) is 6.92 Å². The molecule has 0 radical (unpaired) electrons. The van der Waals surface area contributed by atoms with Crippen LogP contribution in [0.1, 0.15) is 117 Å². The molecule has 7 heteroatoms. The van der Waals surface area contributed by atoms with Crippen molar-refractivity contribution in [1.82, 2.24) is 0 Å². The molecule has 0 rings (SSSR count). The summed E-state index contributed by atoms with van der Waals surface area (Å²) < 4.78 is 20.6. The third-order valence-corrected chi connectivity index (χ3v) is 5.52. The third-order valence-electron chi connectivity index (χ3n) is 4.61. The van der Waals surface area contributed by atoms with Crippen LogP contribution in [0.4, 0.5) is 0 Å². The fourth-order valence-electron chi connectivity index (χ4n) is 2.77. The number of hydrogen-bond acceptors (Lipinski definition) is 5. The molecule has 2 atom stereocenters. The predicted octanol–water partition coefficient (Wildman–Crippen LogP) is 3.70. The van der Waals surface area contributed by atoms with Crippen molar-refractivity contribution in [2.75, 3.05) is 6.61 Å². The zero-order chi connectivity index (χ0) is 19.5. The number of phosphoric ester groups is 1. The minimum absolute atomic E-state index is 0. The van der Waals surface area contributed by atoms with Crippen LogP contribution in [-0.2, 0) is 18.7 Å². The molecule has 0 heterocycles. The maximum atomic E-state index is 11.4. The maximum absolute atomic E-state index is 11.4. The van der Waals surface area contributed by atoms with Gasteiger partial charge in [0.25, 0.3) is 7.82 Å². The largest absolute Gasteiger partial charge is 1.00 e. The minimum atomic E-state index is -4.33. The molecule has 0 bridgehead atoms. The van der Waals surface area contributed by atoms with Crippen molar-refractivity contribution in [1.29, 1.82) is 0 Å². The molecule has 0 aromatic carbocycles. The molecular weight excluding hydrogens is 374 g/mol. The second-order valence-electron chi connectivity index (χ2n) is 7.26. The minimum Gasteiger partial charge on any atom is -0.754 e. The second kappa shape index (κ2) is 21.8. The Morgan fingerprint density at radius 3 is 1.59 bits per heavy atom. The number of rotatable bonds is 20. The van der Waals surface area contributed by atoms with Gasteiger partial charge in [-0.25, -0.2) is 4.89 Å². The first-order valence-electron chi connectivity index (χ1n) is 10.8. The second-order valence-corrected chi connectivity index (χ2v) is 8.52. The van der Waals surface area contributed by atoms with E-state index in [1.54, 1.807) is 6.92 Å². The van der Waals surface area contributed by atoms with Gasteiger partial charge >= 0.3 is 29.6 Å². The van der Waals surface area contributed by atoms with Crippen molar-refractivity contribution < 1.29 is 53.1 Å². The van der Waals surface area contributed by atoms with Crippen molar-refractivity contribution in [3.8, 4) is 0 Å². The van der Waals surface area contributed by atoms with Crippen LogP contribution in [0, 0.1) is 0 Å². The Morgan fingerprint density at radius 2 is 1.19 bits per heavy atom. The van der Waals surface area contributed by atoms with Gasteiger partial charge in [0.05, 0.1) is 12.7 Å². The molecule has 0 N–H and O–H groups in total. The van der Waals surface area contributed by atoms with Gasteiger partial charge in [-0.15, -0.1) is 0 Å². The Morgan fingerprint density at radius 1 is 0.778 bits per heavy atom. The summed E-state index contributed by atoms with van der Waals surface area (Å²) >= 11 is 0. The summed E-state index contributed by atoms with van der Waals surface area (Å²) in [6, 6.07) is 0. The maximum Gasteiger partial charge on any atom is 1.00 e. The molecule has 0 aromatic heterocycles. The first-order chi connectivity index (χ1) is 12.5. The molecule has 158 valence electrons. The van der Waals surface area contributed by atoms with Gasteiger partial charge in [-0.3, -0.25) is 4.57 Å². The van der Waals surface area contributed by atoms with Crippen molar-refractivity contribution >= 4 is 7.82 Å². The summed E-state index contributed by atoms with van der Waals surface area (Å²) in [5.74, 6) is 0. The SMILES string of the molecule is CCCCCCCCCCCCCCCCOOP(=O)([O-])OC(C)CC.[Na+]. The third kappa shape index (κ3) is 23.2. The van der Waals surface area contributed by atoms with Crippen LogP contribution in [0.2, 0.25) is 0 Å². The standard InChI is InChI=1S/C20H43O5P.Na/c1-4-6-7-8-9-10-11-12-13-14-15-16-17-18-19-23-25-26(21,22)24-20(3)5-2;/h20H,4-19H2,1-3H3,(H,21,22);/q;+1/p-1. The number of phosphoric acid groups is 1. The summed E-state index contributed by atoms with van der Waals surface area (Å²) in [5, 5.41) is 0. The Bertz CT molecular complexity index is 344. The molecule has 0 aromatic rings. The van der Waals surface area contributed by atoms with Gasteiger partial charge in [-0.1, -0.05) is 97.3 Å². The quantitative estimate of drug-likeness (QED) is 0.0995. The summed E-state index contributed by atoms with van der Waals surface area (Å²) in [6.07, 6.45) is 18.2. The van der Waals surface area contributed by atoms with E-state index in [1.165, 1.54) is 77.0 Å². The first-order valence-corrected chi connectivity index (χ1v) is 12.3. The monoisotopic (exact) mass is 416 g/mol. The van der Waals surface area contributed by atoms with Crippen LogP contribution < -0.4 is 34.5 Å². The van der Waals surface area contributed by atoms with E-state index in [2.05, 4.69) is 11.6 Å². The fourth-order valence-corrected chi connectivity index (χ4v) is 3.60. The van der Waals surface area contributed by atoms with Crippen molar-refractivity contribution in [2.24, 2.45) is 0 Å². The summed E-state index contributed by atoms with van der Waals surface area (Å²) in [4.78, 5) is 16.2. The van der Waals surface area contributed by atoms with E-state index >= 15 is 0 Å². The Balaban J connectivity index is 0. The van der Waals surface area contributed by atoms with E-state index in [-0.39, 0.29) is 42.3 Å². The van der Waals surface area contributed by atoms with Crippen LogP contribution in [0.5, 0.6) is 0 Å². The normalized spacial score (nSPS) is 14.5. The summed E-state index contributed by atoms with van der Waals surface area (Å²) in [6.45, 7) is 6.07. The molecule has 0 fully saturated rings. The van der Waals surface area contributed by atoms with Gasteiger partial charge in [-0.05, 0) is 19.8 Å². The van der Waals surface area contributed by atoms with Crippen LogP contribution in [0.3, 0.4) is 0 Å². The Kier molecular flexibility index (Phi) is 24.4. The molecule has 5 nitrogen and oxygen atoms in total. The van der Waals surface area contributed by atoms with Gasteiger partial charge in [0.2, 0.25) is 0 Å². The van der Waals surface area contributed by atoms with Gasteiger partial charge < -0.3 is 9.42 Å². The zero-order valence-corrected chi connectivity index (χ0v) is 21.3. The van der Waals surface area contributed by atoms with E-state index in [0.717, 1.165) is 12.8 Å². The predicted molar refractivity (Wildman–Crippen MR) is 106 cm³/mol. The molecule has 0 saturated carbocycles. The zero-order valence-electron chi connectivity index (χ0n) is 18.4. The summed E-state index contributed by atoms with van der Waals surface area (Å²) in [7, 11) is -4.33. The average molecular weight is 417 g/mol. The first kappa shape index (κ1) is 30.3. The molecule has 0 aliphatic rings. The van der Waals surface area contributed by atoms with Crippen LogP contribution >= 0.6 is 7.82 Å². The fraction of sp³-hybridized carbons (Fsp3) is 1.00. The van der Waals surface area contributed by atoms with E-state index in [0.29, 0.717) is 6.42 Å². The van der Waals surface area contributed by atoms with E-state index in [9.17, 15) is 9.46 Å². The summed E-state index contributed by atoms with van der Waals surface area (Å²) in [5.41, 5.74) is 0. The molecule has 0 spiro atoms. The molecule has 0 aliphatic carbocycles. The van der Waals surface area contributed by atoms with Crippen LogP contribution in [0.15, 0.2) is 0 Å². The van der Waals surface area contributed by atoms with Crippen molar-refractivity contribution in [3.63, 3.8) is 0 Å². The molecular formula is C20H42NaO5P. The van der Waals surface area contributed by atoms with Crippen LogP contribution in [0.25, 0.3) is 0 Å². The molecule has 27 heavy (non-hydrogen) atoms. The molecule has 0 aliphatic heterocycles. The van der Waals surface area contributed by atoms with Crippen molar-refractivity contribution in [2.45, 2.75) is 123 Å². The number of unbranched alkanes of at least 4 members (excludes halogenated alkanes) is 13. The van der Waals surface area contributed by atoms with Gasteiger partial charge in [0.1, 0.15) is 0 Å². The molecule has 0 amide bonds. The average Bonchev–Trinajstić information content (AvgIpc) is 2.60. The molecule has 2 unspecified atom stereocenters. The smallest absolute Gasteiger partial charge is 0.754 e.